The predicted molar refractivity (Wildman–Crippen MR) is 46.1 cm³/mol. The summed E-state index contributed by atoms with van der Waals surface area (Å²) >= 11 is 0. The molecule has 1 unspecified atom stereocenters. The van der Waals surface area contributed by atoms with Crippen molar-refractivity contribution in [2.45, 2.75) is 18.9 Å². The molecule has 1 fully saturated rings. The third kappa shape index (κ3) is 2.61. The van der Waals surface area contributed by atoms with Crippen LogP contribution in [0.1, 0.15) is 12.8 Å². The molecule has 13 heavy (non-hydrogen) atoms. The molecule has 5 heteroatoms. The Morgan fingerprint density at radius 2 is 2.08 bits per heavy atom. The maximum atomic E-state index is 11.3. The van der Waals surface area contributed by atoms with Crippen molar-refractivity contribution in [3.63, 3.8) is 0 Å². The molecule has 1 atom stereocenters. The van der Waals surface area contributed by atoms with E-state index in [2.05, 4.69) is 15.4 Å². The number of methoxy groups -OCH3 is 1. The summed E-state index contributed by atoms with van der Waals surface area (Å²) < 4.78 is 4.42. The number of carbonyl (C=O) groups excluding carboxylic acids is 2. The van der Waals surface area contributed by atoms with E-state index < -0.39 is 12.1 Å². The average molecular weight is 186 g/mol. The van der Waals surface area contributed by atoms with E-state index in [-0.39, 0.29) is 11.8 Å². The first kappa shape index (κ1) is 9.83. The van der Waals surface area contributed by atoms with Gasteiger partial charge in [-0.2, -0.15) is 0 Å². The van der Waals surface area contributed by atoms with E-state index in [4.69, 9.17) is 0 Å². The Morgan fingerprint density at radius 1 is 1.46 bits per heavy atom. The lowest BCUT2D eigenvalue weighted by atomic mass is 10.2. The Bertz CT molecular complexity index is 213. The highest BCUT2D eigenvalue weighted by Gasteiger charge is 2.36. The van der Waals surface area contributed by atoms with Crippen LogP contribution in [-0.4, -0.2) is 32.2 Å². The Kier molecular flexibility index (Phi) is 3.11. The molecule has 0 aromatic carbocycles. The van der Waals surface area contributed by atoms with Crippen LogP contribution in [0.3, 0.4) is 0 Å². The monoisotopic (exact) mass is 186 g/mol. The molecule has 0 aliphatic heterocycles. The standard InChI is InChI=1S/C8H14N2O3/c1-9-7(11)6(5-3-4-5)10-8(12)13-2/h5-6H,3-4H2,1-2H3,(H,9,11)(H,10,12). The number of hydrogen-bond acceptors (Lipinski definition) is 3. The van der Waals surface area contributed by atoms with Crippen molar-refractivity contribution in [2.24, 2.45) is 5.92 Å². The van der Waals surface area contributed by atoms with Gasteiger partial charge in [0.15, 0.2) is 0 Å². The van der Waals surface area contributed by atoms with Gasteiger partial charge in [0, 0.05) is 7.05 Å². The number of alkyl carbamates (subject to hydrolysis) is 1. The number of carbonyl (C=O) groups is 2. The molecule has 1 aliphatic carbocycles. The Balaban J connectivity index is 2.47. The summed E-state index contributed by atoms with van der Waals surface area (Å²) in [6, 6.07) is -0.433. The molecule has 0 spiro atoms. The van der Waals surface area contributed by atoms with E-state index >= 15 is 0 Å². The van der Waals surface area contributed by atoms with Gasteiger partial charge in [-0.05, 0) is 18.8 Å². The zero-order chi connectivity index (χ0) is 9.84. The number of amides is 2. The lowest BCUT2D eigenvalue weighted by Gasteiger charge is -2.15. The summed E-state index contributed by atoms with van der Waals surface area (Å²) in [6.45, 7) is 0. The fraction of sp³-hybridized carbons (Fsp3) is 0.750. The summed E-state index contributed by atoms with van der Waals surface area (Å²) in [5.74, 6) is 0.118. The molecule has 0 radical (unpaired) electrons. The van der Waals surface area contributed by atoms with Gasteiger partial charge in [-0.1, -0.05) is 0 Å². The van der Waals surface area contributed by atoms with Gasteiger partial charge < -0.3 is 15.4 Å². The first-order valence-electron chi connectivity index (χ1n) is 4.25. The highest BCUT2D eigenvalue weighted by molar-refractivity contribution is 5.86. The second-order valence-corrected chi connectivity index (χ2v) is 3.07. The predicted octanol–water partition coefficient (Wildman–Crippen LogP) is -0.133. The van der Waals surface area contributed by atoms with Crippen molar-refractivity contribution >= 4 is 12.0 Å². The van der Waals surface area contributed by atoms with Gasteiger partial charge in [0.1, 0.15) is 6.04 Å². The molecule has 0 aromatic heterocycles. The fourth-order valence-electron chi connectivity index (χ4n) is 1.17. The lowest BCUT2D eigenvalue weighted by molar-refractivity contribution is -0.123. The molecule has 0 saturated heterocycles. The first-order chi connectivity index (χ1) is 6.19. The molecule has 0 heterocycles. The van der Waals surface area contributed by atoms with E-state index in [1.165, 1.54) is 7.11 Å². The number of nitrogens with one attached hydrogen (secondary N) is 2. The van der Waals surface area contributed by atoms with Gasteiger partial charge in [0.2, 0.25) is 5.91 Å². The summed E-state index contributed by atoms with van der Waals surface area (Å²) in [5, 5.41) is 5.01. The zero-order valence-electron chi connectivity index (χ0n) is 7.79. The summed E-state index contributed by atoms with van der Waals surface area (Å²) in [4.78, 5) is 22.1. The zero-order valence-corrected chi connectivity index (χ0v) is 7.79. The molecule has 0 bridgehead atoms. The maximum Gasteiger partial charge on any atom is 0.407 e. The van der Waals surface area contributed by atoms with Crippen LogP contribution in [-0.2, 0) is 9.53 Å². The molecule has 0 aromatic rings. The van der Waals surface area contributed by atoms with E-state index in [1.54, 1.807) is 7.05 Å². The van der Waals surface area contributed by atoms with Crippen molar-refractivity contribution in [1.29, 1.82) is 0 Å². The van der Waals surface area contributed by atoms with Crippen molar-refractivity contribution in [1.82, 2.24) is 10.6 Å². The van der Waals surface area contributed by atoms with Crippen LogP contribution in [0, 0.1) is 5.92 Å². The Hall–Kier alpha value is -1.26. The van der Waals surface area contributed by atoms with Gasteiger partial charge in [0.05, 0.1) is 7.11 Å². The second-order valence-electron chi connectivity index (χ2n) is 3.07. The molecule has 1 aliphatic rings. The highest BCUT2D eigenvalue weighted by atomic mass is 16.5. The number of ether oxygens (including phenoxy) is 1. The maximum absolute atomic E-state index is 11.3. The van der Waals surface area contributed by atoms with Crippen LogP contribution in [0.5, 0.6) is 0 Å². The summed E-state index contributed by atoms with van der Waals surface area (Å²) in [6.07, 6.45) is 1.42. The number of hydrogen-bond donors (Lipinski definition) is 2. The second kappa shape index (κ2) is 4.11. The third-order valence-corrected chi connectivity index (χ3v) is 2.08. The topological polar surface area (TPSA) is 67.4 Å². The molecule has 2 N–H and O–H groups in total. The van der Waals surface area contributed by atoms with Crippen LogP contribution < -0.4 is 10.6 Å². The number of likely N-dealkylation sites (N-methyl/N-ethyl adjacent to an activating group) is 1. The van der Waals surface area contributed by atoms with Crippen LogP contribution >= 0.6 is 0 Å². The van der Waals surface area contributed by atoms with Gasteiger partial charge in [-0.3, -0.25) is 4.79 Å². The summed E-state index contributed by atoms with van der Waals surface area (Å²) in [7, 11) is 2.83. The first-order valence-corrected chi connectivity index (χ1v) is 4.25. The average Bonchev–Trinajstić information content (AvgIpc) is 2.95. The normalized spacial score (nSPS) is 17.4. The van der Waals surface area contributed by atoms with Gasteiger partial charge in [0.25, 0.3) is 0 Å². The van der Waals surface area contributed by atoms with Crippen LogP contribution in [0.4, 0.5) is 4.79 Å². The molecule has 2 amide bonds. The quantitative estimate of drug-likeness (QED) is 0.645. The molecule has 1 rings (SSSR count). The van der Waals surface area contributed by atoms with E-state index in [9.17, 15) is 9.59 Å². The number of rotatable bonds is 3. The van der Waals surface area contributed by atoms with E-state index in [0.717, 1.165) is 12.8 Å². The Morgan fingerprint density at radius 3 is 2.46 bits per heavy atom. The van der Waals surface area contributed by atoms with E-state index in [1.807, 2.05) is 0 Å². The van der Waals surface area contributed by atoms with Crippen LogP contribution in [0.2, 0.25) is 0 Å². The third-order valence-electron chi connectivity index (χ3n) is 2.08. The van der Waals surface area contributed by atoms with Gasteiger partial charge in [-0.25, -0.2) is 4.79 Å². The SMILES string of the molecule is CNC(=O)C(NC(=O)OC)C1CC1. The van der Waals surface area contributed by atoms with Gasteiger partial charge >= 0.3 is 6.09 Å². The fourth-order valence-corrected chi connectivity index (χ4v) is 1.17. The largest absolute Gasteiger partial charge is 0.453 e. The van der Waals surface area contributed by atoms with E-state index in [0.29, 0.717) is 0 Å². The molecular formula is C8H14N2O3. The molecule has 5 nitrogen and oxygen atoms in total. The minimum atomic E-state index is -0.555. The minimum absolute atomic E-state index is 0.159. The smallest absolute Gasteiger partial charge is 0.407 e. The van der Waals surface area contributed by atoms with Gasteiger partial charge in [-0.15, -0.1) is 0 Å². The Labute approximate surface area is 76.8 Å². The van der Waals surface area contributed by atoms with Crippen molar-refractivity contribution in [3.05, 3.63) is 0 Å². The molecule has 74 valence electrons. The highest BCUT2D eigenvalue weighted by Crippen LogP contribution is 2.32. The molecule has 1 saturated carbocycles. The lowest BCUT2D eigenvalue weighted by Crippen LogP contribution is -2.47. The molecular weight excluding hydrogens is 172 g/mol. The van der Waals surface area contributed by atoms with Crippen molar-refractivity contribution < 1.29 is 14.3 Å². The van der Waals surface area contributed by atoms with Crippen LogP contribution in [0.15, 0.2) is 0 Å². The minimum Gasteiger partial charge on any atom is -0.453 e. The summed E-state index contributed by atoms with van der Waals surface area (Å²) in [5.41, 5.74) is 0. The van der Waals surface area contributed by atoms with Crippen molar-refractivity contribution in [2.75, 3.05) is 14.2 Å². The van der Waals surface area contributed by atoms with Crippen molar-refractivity contribution in [3.8, 4) is 0 Å². The van der Waals surface area contributed by atoms with Crippen LogP contribution in [0.25, 0.3) is 0 Å².